The van der Waals surface area contributed by atoms with Gasteiger partial charge in [-0.2, -0.15) is 23.5 Å². The summed E-state index contributed by atoms with van der Waals surface area (Å²) < 4.78 is 15.9. The fraction of sp³-hybridized carbons (Fsp3) is 0.778. The molecule has 0 aliphatic rings. The van der Waals surface area contributed by atoms with Crippen molar-refractivity contribution in [1.29, 1.82) is 0 Å². The highest BCUT2D eigenvalue weighted by Gasteiger charge is 2.14. The third kappa shape index (κ3) is 17.4. The van der Waals surface area contributed by atoms with Crippen LogP contribution in [0.15, 0.2) is 9.98 Å². The van der Waals surface area contributed by atoms with Gasteiger partial charge in [-0.1, -0.05) is 0 Å². The number of aliphatic imine (C=N–C) groups is 2. The Labute approximate surface area is 180 Å². The van der Waals surface area contributed by atoms with Crippen molar-refractivity contribution in [3.8, 4) is 0 Å². The summed E-state index contributed by atoms with van der Waals surface area (Å²) in [6.07, 6.45) is 7.79. The minimum atomic E-state index is -0.929. The Morgan fingerprint density at radius 1 is 0.793 bits per heavy atom. The monoisotopic (exact) mass is 452 g/mol. The van der Waals surface area contributed by atoms with Crippen molar-refractivity contribution in [3.63, 3.8) is 0 Å². The molecule has 11 heteroatoms. The molecule has 0 radical (unpaired) electrons. The molecule has 0 unspecified atom stereocenters. The number of carboxylic acids is 2. The topological polar surface area (TPSA) is 127 Å². The maximum atomic E-state index is 11.0. The van der Waals surface area contributed by atoms with Gasteiger partial charge in [0.1, 0.15) is 12.1 Å². The molecule has 0 aromatic carbocycles. The van der Waals surface area contributed by atoms with E-state index >= 15 is 0 Å². The minimum absolute atomic E-state index is 0.237. The smallest absolute Gasteiger partial charge is 0.328 e. The van der Waals surface area contributed by atoms with Crippen LogP contribution in [0.2, 0.25) is 0 Å². The average molecular weight is 453 g/mol. The van der Waals surface area contributed by atoms with Crippen LogP contribution in [0.25, 0.3) is 0 Å². The summed E-state index contributed by atoms with van der Waals surface area (Å²) in [6, 6.07) is -1.45. The molecule has 29 heavy (non-hydrogen) atoms. The molecular formula is C18H32N2O7S2. The van der Waals surface area contributed by atoms with Crippen molar-refractivity contribution in [3.05, 3.63) is 0 Å². The first-order chi connectivity index (χ1) is 14.0. The number of hydrogen-bond acceptors (Lipinski definition) is 9. The molecule has 0 aliphatic carbocycles. The number of nitrogens with zero attached hydrogens (tertiary/aromatic N) is 2. The van der Waals surface area contributed by atoms with Crippen LogP contribution in [0, 0.1) is 0 Å². The molecule has 0 saturated heterocycles. The van der Waals surface area contributed by atoms with Crippen molar-refractivity contribution in [2.24, 2.45) is 9.98 Å². The highest BCUT2D eigenvalue weighted by molar-refractivity contribution is 7.98. The fourth-order valence-electron chi connectivity index (χ4n) is 1.93. The van der Waals surface area contributed by atoms with Gasteiger partial charge in [0.25, 0.3) is 0 Å². The first kappa shape index (κ1) is 27.9. The zero-order valence-corrected chi connectivity index (χ0v) is 18.7. The molecule has 0 saturated carbocycles. The summed E-state index contributed by atoms with van der Waals surface area (Å²) in [5.41, 5.74) is 0. The van der Waals surface area contributed by atoms with Gasteiger partial charge in [-0.3, -0.25) is 9.98 Å². The number of aliphatic carboxylic acids is 2. The molecule has 0 rings (SSSR count). The van der Waals surface area contributed by atoms with E-state index in [0.29, 0.717) is 39.3 Å². The summed E-state index contributed by atoms with van der Waals surface area (Å²) in [5.74, 6) is -0.367. The van der Waals surface area contributed by atoms with Crippen LogP contribution in [0.4, 0.5) is 0 Å². The van der Waals surface area contributed by atoms with E-state index in [1.807, 2.05) is 12.5 Å². The number of rotatable bonds is 20. The standard InChI is InChI=1S/C18H32N2O7S2/c1-28-13-3-15(17(21)22)19-5-7-25-9-11-27-12-10-26-8-6-20-16(18(23)24)4-14-29-2/h5-6,15-16H,3-4,7-14H2,1-2H3,(H,21,22)(H,23,24)/t15-,16-/m0/s1. The summed E-state index contributed by atoms with van der Waals surface area (Å²) >= 11 is 3.17. The number of carboxylic acid groups (broad SMARTS) is 2. The van der Waals surface area contributed by atoms with E-state index < -0.39 is 24.0 Å². The summed E-state index contributed by atoms with van der Waals surface area (Å²) in [7, 11) is 0. The zero-order chi connectivity index (χ0) is 21.7. The average Bonchev–Trinajstić information content (AvgIpc) is 2.69. The molecule has 2 N–H and O–H groups in total. The van der Waals surface area contributed by atoms with Crippen LogP contribution < -0.4 is 0 Å². The predicted octanol–water partition coefficient (Wildman–Crippen LogP) is 1.59. The highest BCUT2D eigenvalue weighted by Crippen LogP contribution is 2.04. The number of thioether (sulfide) groups is 2. The van der Waals surface area contributed by atoms with Crippen LogP contribution in [0.3, 0.4) is 0 Å². The molecule has 0 amide bonds. The van der Waals surface area contributed by atoms with Gasteiger partial charge in [0, 0.05) is 12.4 Å². The Kier molecular flexibility index (Phi) is 19.4. The number of ether oxygens (including phenoxy) is 3. The second kappa shape index (κ2) is 20.1. The van der Waals surface area contributed by atoms with E-state index in [0.717, 1.165) is 11.5 Å². The molecular weight excluding hydrogens is 420 g/mol. The molecule has 0 spiro atoms. The molecule has 9 nitrogen and oxygen atoms in total. The van der Waals surface area contributed by atoms with Gasteiger partial charge in [0.15, 0.2) is 0 Å². The maximum absolute atomic E-state index is 11.0. The second-order valence-electron chi connectivity index (χ2n) is 5.70. The quantitative estimate of drug-likeness (QED) is 0.209. The lowest BCUT2D eigenvalue weighted by atomic mass is 10.2. The molecule has 0 aromatic rings. The second-order valence-corrected chi connectivity index (χ2v) is 7.67. The molecule has 0 fully saturated rings. The van der Waals surface area contributed by atoms with Gasteiger partial charge in [-0.15, -0.1) is 0 Å². The van der Waals surface area contributed by atoms with E-state index in [-0.39, 0.29) is 13.2 Å². The zero-order valence-electron chi connectivity index (χ0n) is 17.0. The van der Waals surface area contributed by atoms with Crippen molar-refractivity contribution in [2.75, 3.05) is 63.7 Å². The SMILES string of the molecule is CSCC[C@H](N=CCOCCOCCOCC=N[C@@H](CCSC)C(=O)O)C(=O)O. The van der Waals surface area contributed by atoms with Crippen molar-refractivity contribution >= 4 is 47.9 Å². The predicted molar refractivity (Wildman–Crippen MR) is 118 cm³/mol. The Morgan fingerprint density at radius 2 is 1.17 bits per heavy atom. The molecule has 0 heterocycles. The van der Waals surface area contributed by atoms with Crippen LogP contribution in [-0.4, -0.2) is 110 Å². The minimum Gasteiger partial charge on any atom is -0.480 e. The first-order valence-corrected chi connectivity index (χ1v) is 12.0. The molecule has 168 valence electrons. The lowest BCUT2D eigenvalue weighted by molar-refractivity contribution is -0.139. The summed E-state index contributed by atoms with van der Waals surface area (Å²) in [6.45, 7) is 1.98. The van der Waals surface area contributed by atoms with Gasteiger partial charge in [0.2, 0.25) is 0 Å². The van der Waals surface area contributed by atoms with Crippen LogP contribution in [0.5, 0.6) is 0 Å². The first-order valence-electron chi connectivity index (χ1n) is 9.22. The van der Waals surface area contributed by atoms with E-state index in [2.05, 4.69) is 9.98 Å². The van der Waals surface area contributed by atoms with Crippen LogP contribution >= 0.6 is 23.5 Å². The number of carbonyl (C=O) groups is 2. The lowest BCUT2D eigenvalue weighted by Crippen LogP contribution is -2.19. The highest BCUT2D eigenvalue weighted by atomic mass is 32.2. The van der Waals surface area contributed by atoms with Crippen molar-refractivity contribution in [1.82, 2.24) is 0 Å². The normalized spacial score (nSPS) is 13.9. The Bertz CT molecular complexity index is 451. The lowest BCUT2D eigenvalue weighted by Gasteiger charge is -2.07. The van der Waals surface area contributed by atoms with E-state index in [9.17, 15) is 9.59 Å². The van der Waals surface area contributed by atoms with Crippen molar-refractivity contribution in [2.45, 2.75) is 24.9 Å². The maximum Gasteiger partial charge on any atom is 0.328 e. The Hall–Kier alpha value is -1.14. The molecule has 2 atom stereocenters. The van der Waals surface area contributed by atoms with Gasteiger partial charge >= 0.3 is 11.9 Å². The van der Waals surface area contributed by atoms with Crippen molar-refractivity contribution < 1.29 is 34.0 Å². The third-order valence-electron chi connectivity index (χ3n) is 3.46. The molecule has 0 aliphatic heterocycles. The van der Waals surface area contributed by atoms with Crippen LogP contribution in [0.1, 0.15) is 12.8 Å². The Balaban J connectivity index is 3.63. The van der Waals surface area contributed by atoms with Gasteiger partial charge in [0.05, 0.1) is 39.6 Å². The Morgan fingerprint density at radius 3 is 1.52 bits per heavy atom. The van der Waals surface area contributed by atoms with E-state index in [1.165, 1.54) is 12.4 Å². The fourth-order valence-corrected chi connectivity index (χ4v) is 2.85. The molecule has 0 bridgehead atoms. The van der Waals surface area contributed by atoms with Gasteiger partial charge in [-0.05, 0) is 36.9 Å². The van der Waals surface area contributed by atoms with Crippen LogP contribution in [-0.2, 0) is 23.8 Å². The number of hydrogen-bond donors (Lipinski definition) is 2. The summed E-state index contributed by atoms with van der Waals surface area (Å²) in [4.78, 5) is 30.0. The third-order valence-corrected chi connectivity index (χ3v) is 4.75. The van der Waals surface area contributed by atoms with E-state index in [4.69, 9.17) is 24.4 Å². The van der Waals surface area contributed by atoms with Gasteiger partial charge in [-0.25, -0.2) is 9.59 Å². The molecule has 0 aromatic heterocycles. The largest absolute Gasteiger partial charge is 0.480 e. The van der Waals surface area contributed by atoms with E-state index in [1.54, 1.807) is 23.5 Å². The summed E-state index contributed by atoms with van der Waals surface area (Å²) in [5, 5.41) is 18.1. The van der Waals surface area contributed by atoms with Gasteiger partial charge < -0.3 is 24.4 Å².